The second-order valence-electron chi connectivity index (χ2n) is 5.46. The summed E-state index contributed by atoms with van der Waals surface area (Å²) in [6, 6.07) is 17.2. The Bertz CT molecular complexity index is 549. The first-order valence-corrected chi connectivity index (χ1v) is 7.14. The van der Waals surface area contributed by atoms with Crippen LogP contribution in [-0.4, -0.2) is 6.04 Å². The fourth-order valence-electron chi connectivity index (χ4n) is 2.04. The number of ether oxygens (including phenoxy) is 1. The van der Waals surface area contributed by atoms with E-state index in [2.05, 4.69) is 62.5 Å². The lowest BCUT2D eigenvalue weighted by atomic mass is 10.1. The smallest absolute Gasteiger partial charge is 0.120 e. The lowest BCUT2D eigenvalue weighted by Crippen LogP contribution is -2.21. The Labute approximate surface area is 121 Å². The van der Waals surface area contributed by atoms with Crippen LogP contribution < -0.4 is 10.1 Å². The van der Waals surface area contributed by atoms with E-state index >= 15 is 0 Å². The zero-order chi connectivity index (χ0) is 14.4. The summed E-state index contributed by atoms with van der Waals surface area (Å²) in [5, 5.41) is 3.41. The zero-order valence-corrected chi connectivity index (χ0v) is 12.5. The van der Waals surface area contributed by atoms with Crippen molar-refractivity contribution in [3.05, 3.63) is 65.2 Å². The minimum Gasteiger partial charge on any atom is -0.489 e. The van der Waals surface area contributed by atoms with Crippen LogP contribution in [0.25, 0.3) is 0 Å². The van der Waals surface area contributed by atoms with E-state index in [1.54, 1.807) is 0 Å². The van der Waals surface area contributed by atoms with E-state index < -0.39 is 0 Å². The molecule has 0 aliphatic heterocycles. The molecular formula is C18H23NO. The number of nitrogens with one attached hydrogen (secondary N) is 1. The highest BCUT2D eigenvalue weighted by Gasteiger charge is 2.00. The largest absolute Gasteiger partial charge is 0.489 e. The van der Waals surface area contributed by atoms with Gasteiger partial charge in [-0.1, -0.05) is 55.8 Å². The summed E-state index contributed by atoms with van der Waals surface area (Å²) in [7, 11) is 0. The molecule has 106 valence electrons. The fraction of sp³-hybridized carbons (Fsp3) is 0.333. The molecule has 0 radical (unpaired) electrons. The summed E-state index contributed by atoms with van der Waals surface area (Å²) in [4.78, 5) is 0. The Hall–Kier alpha value is -1.80. The molecule has 0 aliphatic carbocycles. The molecule has 0 aromatic heterocycles. The van der Waals surface area contributed by atoms with Crippen LogP contribution in [0.5, 0.6) is 5.75 Å². The second-order valence-corrected chi connectivity index (χ2v) is 5.46. The maximum atomic E-state index is 5.87. The van der Waals surface area contributed by atoms with Crippen LogP contribution >= 0.6 is 0 Å². The third-order valence-electron chi connectivity index (χ3n) is 3.10. The van der Waals surface area contributed by atoms with E-state index in [1.165, 1.54) is 16.7 Å². The summed E-state index contributed by atoms with van der Waals surface area (Å²) < 4.78 is 5.87. The standard InChI is InChI=1S/C18H23NO/c1-14(2)19-12-16-7-5-9-18(11-16)20-13-17-8-4-6-15(3)10-17/h4-11,14,19H,12-13H2,1-3H3. The highest BCUT2D eigenvalue weighted by Crippen LogP contribution is 2.15. The van der Waals surface area contributed by atoms with Gasteiger partial charge in [-0.15, -0.1) is 0 Å². The van der Waals surface area contributed by atoms with Crippen molar-refractivity contribution in [1.29, 1.82) is 0 Å². The third kappa shape index (κ3) is 4.71. The average Bonchev–Trinajstić information content (AvgIpc) is 2.43. The maximum Gasteiger partial charge on any atom is 0.120 e. The lowest BCUT2D eigenvalue weighted by Gasteiger charge is -2.11. The van der Waals surface area contributed by atoms with Crippen molar-refractivity contribution in [2.75, 3.05) is 0 Å². The molecule has 0 amide bonds. The van der Waals surface area contributed by atoms with Gasteiger partial charge in [0.2, 0.25) is 0 Å². The Morgan fingerprint density at radius 1 is 1.00 bits per heavy atom. The lowest BCUT2D eigenvalue weighted by molar-refractivity contribution is 0.305. The Balaban J connectivity index is 1.94. The predicted octanol–water partition coefficient (Wildman–Crippen LogP) is 4.07. The molecule has 0 heterocycles. The van der Waals surface area contributed by atoms with Gasteiger partial charge in [0, 0.05) is 12.6 Å². The van der Waals surface area contributed by atoms with Gasteiger partial charge in [0.25, 0.3) is 0 Å². The average molecular weight is 269 g/mol. The zero-order valence-electron chi connectivity index (χ0n) is 12.5. The van der Waals surface area contributed by atoms with Crippen LogP contribution in [0.15, 0.2) is 48.5 Å². The van der Waals surface area contributed by atoms with Crippen LogP contribution in [0.4, 0.5) is 0 Å². The Morgan fingerprint density at radius 3 is 2.50 bits per heavy atom. The van der Waals surface area contributed by atoms with Crippen molar-refractivity contribution in [3.8, 4) is 5.75 Å². The quantitative estimate of drug-likeness (QED) is 0.853. The first kappa shape index (κ1) is 14.6. The number of hydrogen-bond donors (Lipinski definition) is 1. The fourth-order valence-corrected chi connectivity index (χ4v) is 2.04. The van der Waals surface area contributed by atoms with Gasteiger partial charge in [0.15, 0.2) is 0 Å². The molecule has 2 heteroatoms. The van der Waals surface area contributed by atoms with Crippen LogP contribution in [0.1, 0.15) is 30.5 Å². The van der Waals surface area contributed by atoms with E-state index in [1.807, 2.05) is 12.1 Å². The van der Waals surface area contributed by atoms with Crippen molar-refractivity contribution >= 4 is 0 Å². The van der Waals surface area contributed by atoms with Crippen molar-refractivity contribution in [2.24, 2.45) is 0 Å². The molecule has 1 N–H and O–H groups in total. The van der Waals surface area contributed by atoms with Crippen molar-refractivity contribution in [1.82, 2.24) is 5.32 Å². The number of rotatable bonds is 6. The highest BCUT2D eigenvalue weighted by molar-refractivity contribution is 5.29. The van der Waals surface area contributed by atoms with E-state index in [-0.39, 0.29) is 0 Å². The second kappa shape index (κ2) is 7.11. The third-order valence-corrected chi connectivity index (χ3v) is 3.10. The topological polar surface area (TPSA) is 21.3 Å². The summed E-state index contributed by atoms with van der Waals surface area (Å²) in [5.74, 6) is 0.926. The van der Waals surface area contributed by atoms with E-state index in [0.29, 0.717) is 12.6 Å². The molecule has 2 nitrogen and oxygen atoms in total. The van der Waals surface area contributed by atoms with Gasteiger partial charge in [-0.3, -0.25) is 0 Å². The van der Waals surface area contributed by atoms with E-state index in [0.717, 1.165) is 12.3 Å². The first-order chi connectivity index (χ1) is 9.63. The predicted molar refractivity (Wildman–Crippen MR) is 83.9 cm³/mol. The Morgan fingerprint density at radius 2 is 1.75 bits per heavy atom. The van der Waals surface area contributed by atoms with Crippen LogP contribution in [0.2, 0.25) is 0 Å². The molecule has 0 bridgehead atoms. The molecule has 2 aromatic carbocycles. The molecule has 0 fully saturated rings. The number of aryl methyl sites for hydroxylation is 1. The first-order valence-electron chi connectivity index (χ1n) is 7.14. The summed E-state index contributed by atoms with van der Waals surface area (Å²) >= 11 is 0. The summed E-state index contributed by atoms with van der Waals surface area (Å²) in [6.45, 7) is 7.89. The SMILES string of the molecule is Cc1cccc(COc2cccc(CNC(C)C)c2)c1. The number of hydrogen-bond acceptors (Lipinski definition) is 2. The maximum absolute atomic E-state index is 5.87. The van der Waals surface area contributed by atoms with Crippen molar-refractivity contribution in [3.63, 3.8) is 0 Å². The van der Waals surface area contributed by atoms with Crippen molar-refractivity contribution < 1.29 is 4.74 Å². The van der Waals surface area contributed by atoms with Gasteiger partial charge in [-0.2, -0.15) is 0 Å². The molecule has 2 aromatic rings. The molecule has 0 aliphatic rings. The molecule has 0 unspecified atom stereocenters. The van der Waals surface area contributed by atoms with Crippen molar-refractivity contribution in [2.45, 2.75) is 40.0 Å². The van der Waals surface area contributed by atoms with Gasteiger partial charge >= 0.3 is 0 Å². The summed E-state index contributed by atoms with van der Waals surface area (Å²) in [5.41, 5.74) is 3.72. The molecule has 2 rings (SSSR count). The van der Waals surface area contributed by atoms with Gasteiger partial charge in [-0.05, 0) is 30.2 Å². The normalized spacial score (nSPS) is 10.8. The van der Waals surface area contributed by atoms with E-state index in [4.69, 9.17) is 4.74 Å². The monoisotopic (exact) mass is 269 g/mol. The van der Waals surface area contributed by atoms with Crippen LogP contribution in [0.3, 0.4) is 0 Å². The van der Waals surface area contributed by atoms with Crippen LogP contribution in [-0.2, 0) is 13.2 Å². The molecule has 0 atom stereocenters. The summed E-state index contributed by atoms with van der Waals surface area (Å²) in [6.07, 6.45) is 0. The highest BCUT2D eigenvalue weighted by atomic mass is 16.5. The van der Waals surface area contributed by atoms with Gasteiger partial charge < -0.3 is 10.1 Å². The molecule has 20 heavy (non-hydrogen) atoms. The molecule has 0 saturated heterocycles. The van der Waals surface area contributed by atoms with Crippen LogP contribution in [0, 0.1) is 6.92 Å². The van der Waals surface area contributed by atoms with Gasteiger partial charge in [0.05, 0.1) is 0 Å². The minimum absolute atomic E-state index is 0.492. The molecular weight excluding hydrogens is 246 g/mol. The minimum atomic E-state index is 0.492. The van der Waals surface area contributed by atoms with Gasteiger partial charge in [-0.25, -0.2) is 0 Å². The molecule has 0 saturated carbocycles. The Kier molecular flexibility index (Phi) is 5.19. The number of benzene rings is 2. The molecule has 0 spiro atoms. The van der Waals surface area contributed by atoms with Gasteiger partial charge in [0.1, 0.15) is 12.4 Å². The van der Waals surface area contributed by atoms with E-state index in [9.17, 15) is 0 Å².